The number of nitriles is 1. The van der Waals surface area contributed by atoms with E-state index in [0.717, 1.165) is 6.26 Å². The molecule has 0 saturated heterocycles. The predicted molar refractivity (Wildman–Crippen MR) is 46.7 cm³/mol. The SMILES string of the molecule is CS(=O)(=O)CCn1ccnc1C#N. The van der Waals surface area contributed by atoms with Crippen LogP contribution in [0.4, 0.5) is 0 Å². The molecule has 0 unspecified atom stereocenters. The Labute approximate surface area is 76.5 Å². The molecule has 0 aliphatic carbocycles. The number of sulfone groups is 1. The Morgan fingerprint density at radius 2 is 2.38 bits per heavy atom. The average Bonchev–Trinajstić information content (AvgIpc) is 2.46. The molecule has 0 amide bonds. The largest absolute Gasteiger partial charge is 0.322 e. The van der Waals surface area contributed by atoms with Gasteiger partial charge in [-0.1, -0.05) is 0 Å². The molecule has 0 bridgehead atoms. The lowest BCUT2D eigenvalue weighted by atomic mass is 10.6. The second-order valence-electron chi connectivity index (χ2n) is 2.69. The quantitative estimate of drug-likeness (QED) is 0.675. The van der Waals surface area contributed by atoms with Gasteiger partial charge in [-0.2, -0.15) is 5.26 Å². The zero-order valence-corrected chi connectivity index (χ0v) is 7.95. The van der Waals surface area contributed by atoms with E-state index in [4.69, 9.17) is 5.26 Å². The van der Waals surface area contributed by atoms with Crippen LogP contribution in [0.25, 0.3) is 0 Å². The Bertz CT molecular complexity index is 427. The molecule has 6 heteroatoms. The van der Waals surface area contributed by atoms with Crippen LogP contribution in [0, 0.1) is 11.3 Å². The number of aromatic nitrogens is 2. The van der Waals surface area contributed by atoms with Gasteiger partial charge in [0.25, 0.3) is 0 Å². The van der Waals surface area contributed by atoms with Crippen LogP contribution < -0.4 is 0 Å². The highest BCUT2D eigenvalue weighted by Crippen LogP contribution is 1.96. The monoisotopic (exact) mass is 199 g/mol. The molecule has 0 aliphatic rings. The Morgan fingerprint density at radius 1 is 1.69 bits per heavy atom. The Hall–Kier alpha value is -1.35. The molecule has 1 rings (SSSR count). The first-order valence-corrected chi connectivity index (χ1v) is 5.68. The Morgan fingerprint density at radius 3 is 2.92 bits per heavy atom. The van der Waals surface area contributed by atoms with Crippen LogP contribution in [-0.2, 0) is 16.4 Å². The molecular weight excluding hydrogens is 190 g/mol. The fraction of sp³-hybridized carbons (Fsp3) is 0.429. The van der Waals surface area contributed by atoms with Gasteiger partial charge in [0, 0.05) is 25.2 Å². The van der Waals surface area contributed by atoms with Crippen molar-refractivity contribution in [2.45, 2.75) is 6.54 Å². The van der Waals surface area contributed by atoms with E-state index in [-0.39, 0.29) is 18.1 Å². The number of rotatable bonds is 3. The number of aryl methyl sites for hydroxylation is 1. The zero-order chi connectivity index (χ0) is 9.90. The third kappa shape index (κ3) is 2.87. The lowest BCUT2D eigenvalue weighted by Crippen LogP contribution is -2.11. The van der Waals surface area contributed by atoms with Crippen LogP contribution in [0.3, 0.4) is 0 Å². The van der Waals surface area contributed by atoms with Crippen molar-refractivity contribution in [1.29, 1.82) is 5.26 Å². The minimum atomic E-state index is -2.98. The third-order valence-electron chi connectivity index (χ3n) is 1.52. The summed E-state index contributed by atoms with van der Waals surface area (Å²) in [5.41, 5.74) is 0. The van der Waals surface area contributed by atoms with E-state index in [1.54, 1.807) is 6.20 Å². The topological polar surface area (TPSA) is 75.8 Å². The van der Waals surface area contributed by atoms with Gasteiger partial charge >= 0.3 is 0 Å². The van der Waals surface area contributed by atoms with E-state index in [0.29, 0.717) is 0 Å². The highest BCUT2D eigenvalue weighted by Gasteiger charge is 2.05. The van der Waals surface area contributed by atoms with E-state index >= 15 is 0 Å². The summed E-state index contributed by atoms with van der Waals surface area (Å²) >= 11 is 0. The Kier molecular flexibility index (Phi) is 2.68. The van der Waals surface area contributed by atoms with Crippen molar-refractivity contribution in [1.82, 2.24) is 9.55 Å². The second-order valence-corrected chi connectivity index (χ2v) is 4.95. The molecule has 0 atom stereocenters. The first kappa shape index (κ1) is 9.74. The minimum Gasteiger partial charge on any atom is -0.322 e. The standard InChI is InChI=1S/C7H9N3O2S/c1-13(11,12)5-4-10-3-2-9-7(10)6-8/h2-3H,4-5H2,1H3. The number of nitrogens with zero attached hydrogens (tertiary/aromatic N) is 3. The number of hydrogen-bond acceptors (Lipinski definition) is 4. The molecule has 0 aliphatic heterocycles. The van der Waals surface area contributed by atoms with Gasteiger partial charge in [-0.25, -0.2) is 13.4 Å². The van der Waals surface area contributed by atoms with E-state index in [1.165, 1.54) is 10.8 Å². The predicted octanol–water partition coefficient (Wildman–Crippen LogP) is -0.201. The fourth-order valence-electron chi connectivity index (χ4n) is 0.867. The molecule has 0 aromatic carbocycles. The summed E-state index contributed by atoms with van der Waals surface area (Å²) in [7, 11) is -2.98. The maximum atomic E-state index is 10.8. The van der Waals surface area contributed by atoms with E-state index in [1.807, 2.05) is 6.07 Å². The van der Waals surface area contributed by atoms with Crippen LogP contribution in [0.5, 0.6) is 0 Å². The molecule has 0 fully saturated rings. The van der Waals surface area contributed by atoms with Crippen LogP contribution in [0.15, 0.2) is 12.4 Å². The summed E-state index contributed by atoms with van der Waals surface area (Å²) in [6, 6.07) is 1.87. The zero-order valence-electron chi connectivity index (χ0n) is 7.14. The van der Waals surface area contributed by atoms with Crippen molar-refractivity contribution in [3.8, 4) is 6.07 Å². The molecule has 0 radical (unpaired) electrons. The van der Waals surface area contributed by atoms with Gasteiger partial charge in [-0.15, -0.1) is 0 Å². The van der Waals surface area contributed by atoms with Gasteiger partial charge in [-0.05, 0) is 0 Å². The van der Waals surface area contributed by atoms with Crippen molar-refractivity contribution < 1.29 is 8.42 Å². The molecule has 0 saturated carbocycles. The smallest absolute Gasteiger partial charge is 0.212 e. The minimum absolute atomic E-state index is 0.0258. The second kappa shape index (κ2) is 3.58. The molecule has 13 heavy (non-hydrogen) atoms. The highest BCUT2D eigenvalue weighted by atomic mass is 32.2. The maximum Gasteiger partial charge on any atom is 0.212 e. The van der Waals surface area contributed by atoms with Crippen molar-refractivity contribution in [3.05, 3.63) is 18.2 Å². The molecule has 70 valence electrons. The van der Waals surface area contributed by atoms with Crippen LogP contribution in [0.2, 0.25) is 0 Å². The molecule has 0 spiro atoms. The van der Waals surface area contributed by atoms with Crippen molar-refractivity contribution in [2.24, 2.45) is 0 Å². The lowest BCUT2D eigenvalue weighted by molar-refractivity contribution is 0.594. The summed E-state index contributed by atoms with van der Waals surface area (Å²) in [5.74, 6) is 0.265. The summed E-state index contributed by atoms with van der Waals surface area (Å²) < 4.78 is 23.1. The van der Waals surface area contributed by atoms with Gasteiger partial charge < -0.3 is 4.57 Å². The first-order chi connectivity index (χ1) is 6.03. The van der Waals surface area contributed by atoms with Gasteiger partial charge in [-0.3, -0.25) is 0 Å². The van der Waals surface area contributed by atoms with Crippen molar-refractivity contribution in [2.75, 3.05) is 12.0 Å². The highest BCUT2D eigenvalue weighted by molar-refractivity contribution is 7.90. The molecule has 1 heterocycles. The molecule has 1 aromatic rings. The lowest BCUT2D eigenvalue weighted by Gasteiger charge is -2.00. The number of imidazole rings is 1. The van der Waals surface area contributed by atoms with Gasteiger partial charge in [0.05, 0.1) is 5.75 Å². The van der Waals surface area contributed by atoms with E-state index in [9.17, 15) is 8.42 Å². The summed E-state index contributed by atoms with van der Waals surface area (Å²) in [6.07, 6.45) is 4.22. The van der Waals surface area contributed by atoms with Gasteiger partial charge in [0.2, 0.25) is 5.82 Å². The Balaban J connectivity index is 2.71. The maximum absolute atomic E-state index is 10.8. The molecule has 1 aromatic heterocycles. The number of hydrogen-bond donors (Lipinski definition) is 0. The molecule has 5 nitrogen and oxygen atoms in total. The molecule has 0 N–H and O–H groups in total. The van der Waals surface area contributed by atoms with Crippen LogP contribution in [0.1, 0.15) is 5.82 Å². The van der Waals surface area contributed by atoms with Crippen LogP contribution in [-0.4, -0.2) is 30.0 Å². The van der Waals surface area contributed by atoms with E-state index < -0.39 is 9.84 Å². The normalized spacial score (nSPS) is 11.1. The fourth-order valence-corrected chi connectivity index (χ4v) is 1.40. The van der Waals surface area contributed by atoms with Crippen molar-refractivity contribution >= 4 is 9.84 Å². The molecular formula is C7H9N3O2S. The van der Waals surface area contributed by atoms with Crippen LogP contribution >= 0.6 is 0 Å². The van der Waals surface area contributed by atoms with Gasteiger partial charge in [0.1, 0.15) is 15.9 Å². The summed E-state index contributed by atoms with van der Waals surface area (Å²) in [6.45, 7) is 0.279. The first-order valence-electron chi connectivity index (χ1n) is 3.62. The van der Waals surface area contributed by atoms with Gasteiger partial charge in [0.15, 0.2) is 0 Å². The third-order valence-corrected chi connectivity index (χ3v) is 2.44. The van der Waals surface area contributed by atoms with Crippen molar-refractivity contribution in [3.63, 3.8) is 0 Å². The average molecular weight is 199 g/mol. The summed E-state index contributed by atoms with van der Waals surface area (Å²) in [4.78, 5) is 3.74. The summed E-state index contributed by atoms with van der Waals surface area (Å²) in [5, 5.41) is 8.55. The van der Waals surface area contributed by atoms with E-state index in [2.05, 4.69) is 4.98 Å².